The first-order valence-electron chi connectivity index (χ1n) is 9.82. The number of hydrogen-bond acceptors (Lipinski definition) is 6. The molecule has 10 heteroatoms. The van der Waals surface area contributed by atoms with Gasteiger partial charge in [-0.3, -0.25) is 15.0 Å². The number of β-amino-alcohol motifs (C(OH)–C–C–N with tert-alkyl or cyclic N) is 1. The molecular formula is C20H26N4O6. The highest BCUT2D eigenvalue weighted by atomic mass is 16.5. The number of hydrogen-bond donors (Lipinski definition) is 4. The lowest BCUT2D eigenvalue weighted by molar-refractivity contribution is -0.147. The molecule has 0 aliphatic carbocycles. The van der Waals surface area contributed by atoms with Crippen LogP contribution in [0.25, 0.3) is 0 Å². The van der Waals surface area contributed by atoms with Crippen LogP contribution in [-0.2, 0) is 14.3 Å². The second-order valence-corrected chi connectivity index (χ2v) is 7.58. The average molecular weight is 418 g/mol. The van der Waals surface area contributed by atoms with E-state index in [-0.39, 0.29) is 43.3 Å². The number of carboxylic acids is 1. The van der Waals surface area contributed by atoms with Crippen LogP contribution in [0.4, 0.5) is 0 Å². The molecule has 30 heavy (non-hydrogen) atoms. The molecule has 2 amide bonds. The van der Waals surface area contributed by atoms with Crippen LogP contribution >= 0.6 is 0 Å². The van der Waals surface area contributed by atoms with E-state index in [9.17, 15) is 19.5 Å². The summed E-state index contributed by atoms with van der Waals surface area (Å²) in [5.41, 5.74) is 6.28. The minimum Gasteiger partial charge on any atom is -0.480 e. The average Bonchev–Trinajstić information content (AvgIpc) is 3.13. The zero-order valence-electron chi connectivity index (χ0n) is 16.5. The molecular weight excluding hydrogens is 392 g/mol. The van der Waals surface area contributed by atoms with Gasteiger partial charge in [-0.25, -0.2) is 4.79 Å². The molecule has 0 spiro atoms. The summed E-state index contributed by atoms with van der Waals surface area (Å²) >= 11 is 0. The van der Waals surface area contributed by atoms with E-state index in [2.05, 4.69) is 0 Å². The van der Waals surface area contributed by atoms with Crippen LogP contribution < -0.4 is 5.73 Å². The summed E-state index contributed by atoms with van der Waals surface area (Å²) in [5.74, 6) is -1.72. The Morgan fingerprint density at radius 2 is 1.73 bits per heavy atom. The summed E-state index contributed by atoms with van der Waals surface area (Å²) in [4.78, 5) is 39.7. The Bertz CT molecular complexity index is 819. The maximum atomic E-state index is 13.0. The quantitative estimate of drug-likeness (QED) is 0.363. The van der Waals surface area contributed by atoms with Crippen LogP contribution in [0.15, 0.2) is 24.3 Å². The summed E-state index contributed by atoms with van der Waals surface area (Å²) in [5, 5.41) is 26.2. The van der Waals surface area contributed by atoms with Crippen molar-refractivity contribution in [2.45, 2.75) is 37.5 Å². The summed E-state index contributed by atoms with van der Waals surface area (Å²) in [6, 6.07) is 5.49. The lowest BCUT2D eigenvalue weighted by atomic mass is 10.0. The number of carbonyl (C=O) groups excluding carboxylic acids is 2. The van der Waals surface area contributed by atoms with Crippen LogP contribution in [0.5, 0.6) is 0 Å². The molecule has 1 aromatic carbocycles. The number of ether oxygens (including phenoxy) is 1. The van der Waals surface area contributed by atoms with Gasteiger partial charge in [-0.1, -0.05) is 12.1 Å². The molecule has 0 radical (unpaired) electrons. The number of carbonyl (C=O) groups is 3. The molecule has 2 aliphatic heterocycles. The monoisotopic (exact) mass is 418 g/mol. The smallest absolute Gasteiger partial charge is 0.329 e. The molecule has 3 rings (SSSR count). The number of benzene rings is 1. The van der Waals surface area contributed by atoms with E-state index >= 15 is 0 Å². The van der Waals surface area contributed by atoms with Crippen molar-refractivity contribution in [1.29, 1.82) is 5.41 Å². The Kier molecular flexibility index (Phi) is 6.68. The number of aliphatic carboxylic acids is 1. The number of amides is 2. The standard InChI is InChI=1S/C20H26N4O6/c21-18(22)12-1-3-13(4-2-12)19(28)24-10-14(25)9-16(24)20(29)23-7-5-15(6-8-23)30-11-17(26)27/h1-4,14-16,25H,5-11H2,(H3,21,22)(H,26,27)/t14-,16+/m1/s1. The van der Waals surface area contributed by atoms with E-state index in [1.165, 1.54) is 4.90 Å². The highest BCUT2D eigenvalue weighted by Gasteiger charge is 2.41. The number of nitrogen functional groups attached to an aromatic ring is 1. The molecule has 10 nitrogen and oxygen atoms in total. The van der Waals surface area contributed by atoms with E-state index in [0.29, 0.717) is 37.1 Å². The van der Waals surface area contributed by atoms with Crippen molar-refractivity contribution in [2.75, 3.05) is 26.2 Å². The molecule has 2 heterocycles. The van der Waals surface area contributed by atoms with Gasteiger partial charge in [-0.15, -0.1) is 0 Å². The minimum absolute atomic E-state index is 0.0713. The molecule has 2 atom stereocenters. The first-order valence-corrected chi connectivity index (χ1v) is 9.82. The van der Waals surface area contributed by atoms with Crippen molar-refractivity contribution >= 4 is 23.6 Å². The number of nitrogens with one attached hydrogen (secondary N) is 1. The molecule has 0 bridgehead atoms. The van der Waals surface area contributed by atoms with Crippen LogP contribution in [0.2, 0.25) is 0 Å². The number of nitrogens with zero attached hydrogens (tertiary/aromatic N) is 2. The van der Waals surface area contributed by atoms with Gasteiger partial charge in [-0.2, -0.15) is 0 Å². The molecule has 2 aliphatic rings. The normalized spacial score (nSPS) is 22.2. The molecule has 0 unspecified atom stereocenters. The predicted molar refractivity (Wildman–Crippen MR) is 106 cm³/mol. The first-order chi connectivity index (χ1) is 14.3. The number of carboxylic acid groups (broad SMARTS) is 1. The van der Waals surface area contributed by atoms with Crippen LogP contribution in [0.1, 0.15) is 35.2 Å². The van der Waals surface area contributed by atoms with Gasteiger partial charge in [0.1, 0.15) is 18.5 Å². The summed E-state index contributed by atoms with van der Waals surface area (Å²) in [6.07, 6.45) is 0.224. The summed E-state index contributed by atoms with van der Waals surface area (Å²) in [6.45, 7) is 0.524. The number of piperidine rings is 1. The molecule has 0 aromatic heterocycles. The minimum atomic E-state index is -1.03. The molecule has 0 saturated carbocycles. The Balaban J connectivity index is 1.64. The fraction of sp³-hybridized carbons (Fsp3) is 0.500. The lowest BCUT2D eigenvalue weighted by Crippen LogP contribution is -2.50. The fourth-order valence-electron chi connectivity index (χ4n) is 3.87. The number of likely N-dealkylation sites (tertiary alicyclic amines) is 2. The van der Waals surface area contributed by atoms with Gasteiger partial charge in [-0.05, 0) is 25.0 Å². The van der Waals surface area contributed by atoms with Crippen molar-refractivity contribution in [1.82, 2.24) is 9.80 Å². The van der Waals surface area contributed by atoms with Crippen LogP contribution in [0, 0.1) is 5.41 Å². The van der Waals surface area contributed by atoms with E-state index in [1.807, 2.05) is 0 Å². The topological polar surface area (TPSA) is 157 Å². The Morgan fingerprint density at radius 3 is 2.30 bits per heavy atom. The summed E-state index contributed by atoms with van der Waals surface area (Å²) in [7, 11) is 0. The number of amidine groups is 1. The number of nitrogens with two attached hydrogens (primary N) is 1. The molecule has 2 saturated heterocycles. The fourth-order valence-corrected chi connectivity index (χ4v) is 3.87. The third-order valence-electron chi connectivity index (χ3n) is 5.46. The highest BCUT2D eigenvalue weighted by Crippen LogP contribution is 2.24. The van der Waals surface area contributed by atoms with Gasteiger partial charge in [0.05, 0.1) is 12.2 Å². The third kappa shape index (κ3) is 4.95. The molecule has 162 valence electrons. The van der Waals surface area contributed by atoms with E-state index in [1.54, 1.807) is 29.2 Å². The van der Waals surface area contributed by atoms with Crippen molar-refractivity contribution in [3.63, 3.8) is 0 Å². The Morgan fingerprint density at radius 1 is 1.13 bits per heavy atom. The first kappa shape index (κ1) is 21.7. The van der Waals surface area contributed by atoms with Gasteiger partial charge in [0.2, 0.25) is 5.91 Å². The van der Waals surface area contributed by atoms with Gasteiger partial charge in [0, 0.05) is 37.2 Å². The lowest BCUT2D eigenvalue weighted by Gasteiger charge is -2.35. The zero-order chi connectivity index (χ0) is 21.8. The second-order valence-electron chi connectivity index (χ2n) is 7.58. The van der Waals surface area contributed by atoms with Gasteiger partial charge in [0.15, 0.2) is 0 Å². The Labute approximate surface area is 173 Å². The van der Waals surface area contributed by atoms with E-state index in [4.69, 9.17) is 21.0 Å². The number of rotatable bonds is 6. The van der Waals surface area contributed by atoms with Crippen molar-refractivity contribution in [2.24, 2.45) is 5.73 Å². The molecule has 5 N–H and O–H groups in total. The van der Waals surface area contributed by atoms with Crippen molar-refractivity contribution in [3.05, 3.63) is 35.4 Å². The molecule has 1 aromatic rings. The predicted octanol–water partition coefficient (Wildman–Crippen LogP) is -0.362. The second kappa shape index (κ2) is 9.23. The molecule has 2 fully saturated rings. The Hall–Kier alpha value is -2.98. The number of aliphatic hydroxyl groups is 1. The van der Waals surface area contributed by atoms with E-state index in [0.717, 1.165) is 0 Å². The van der Waals surface area contributed by atoms with Crippen LogP contribution in [-0.4, -0.2) is 88.1 Å². The van der Waals surface area contributed by atoms with Gasteiger partial charge in [0.25, 0.3) is 5.91 Å². The van der Waals surface area contributed by atoms with E-state index < -0.39 is 18.1 Å². The third-order valence-corrected chi connectivity index (χ3v) is 5.46. The van der Waals surface area contributed by atoms with Crippen molar-refractivity contribution in [3.8, 4) is 0 Å². The zero-order valence-corrected chi connectivity index (χ0v) is 16.5. The summed E-state index contributed by atoms with van der Waals surface area (Å²) < 4.78 is 5.29. The number of aliphatic hydroxyl groups excluding tert-OH is 1. The van der Waals surface area contributed by atoms with Crippen molar-refractivity contribution < 1.29 is 29.3 Å². The van der Waals surface area contributed by atoms with Gasteiger partial charge >= 0.3 is 5.97 Å². The highest BCUT2D eigenvalue weighted by molar-refractivity contribution is 6.00. The largest absolute Gasteiger partial charge is 0.480 e. The SMILES string of the molecule is N=C(N)c1ccc(C(=O)N2C[C@H](O)C[C@H]2C(=O)N2CCC(OCC(=O)O)CC2)cc1. The van der Waals surface area contributed by atoms with Gasteiger partial charge < -0.3 is 30.5 Å². The van der Waals surface area contributed by atoms with Crippen LogP contribution in [0.3, 0.4) is 0 Å². The maximum Gasteiger partial charge on any atom is 0.329 e. The maximum absolute atomic E-state index is 13.0.